The van der Waals surface area contributed by atoms with Crippen molar-refractivity contribution in [1.82, 2.24) is 0 Å². The number of rotatable bonds is 1. The van der Waals surface area contributed by atoms with Crippen LogP contribution in [0.4, 0.5) is 17.6 Å². The smallest absolute Gasteiger partial charge is 0.194 e. The molecule has 1 rings (SSSR count). The van der Waals surface area contributed by atoms with Gasteiger partial charge in [-0.3, -0.25) is 0 Å². The van der Waals surface area contributed by atoms with E-state index in [0.29, 0.717) is 6.07 Å². The lowest BCUT2D eigenvalue weighted by Gasteiger charge is -2.03. The van der Waals surface area contributed by atoms with Crippen LogP contribution < -0.4 is 0 Å². The fraction of sp³-hybridized carbons (Fsp3) is 0.125. The van der Waals surface area contributed by atoms with Gasteiger partial charge in [-0.1, -0.05) is 0 Å². The Labute approximate surface area is 66.8 Å². The molecule has 65 valence electrons. The van der Waals surface area contributed by atoms with Crippen molar-refractivity contribution in [3.63, 3.8) is 0 Å². The lowest BCUT2D eigenvalue weighted by Crippen LogP contribution is -1.98. The van der Waals surface area contributed by atoms with Crippen LogP contribution in [0, 0.1) is 23.6 Å². The van der Waals surface area contributed by atoms with E-state index in [1.54, 1.807) is 0 Å². The zero-order valence-electron chi connectivity index (χ0n) is 6.17. The number of halogens is 4. The van der Waals surface area contributed by atoms with E-state index >= 15 is 0 Å². The zero-order valence-corrected chi connectivity index (χ0v) is 6.17. The maximum Gasteiger partial charge on any atom is 0.194 e. The lowest BCUT2D eigenvalue weighted by molar-refractivity contribution is 0.431. The van der Waals surface area contributed by atoms with Crippen molar-refractivity contribution < 1.29 is 17.6 Å². The van der Waals surface area contributed by atoms with Gasteiger partial charge in [0.1, 0.15) is 0 Å². The highest BCUT2D eigenvalue weighted by Gasteiger charge is 2.17. The van der Waals surface area contributed by atoms with Gasteiger partial charge in [0.25, 0.3) is 0 Å². The van der Waals surface area contributed by atoms with Gasteiger partial charge in [0.05, 0.1) is 0 Å². The molecule has 0 amide bonds. The van der Waals surface area contributed by atoms with Crippen LogP contribution >= 0.6 is 0 Å². The Balaban J connectivity index is 3.27. The Morgan fingerprint density at radius 3 is 2.17 bits per heavy atom. The van der Waals surface area contributed by atoms with Crippen LogP contribution in [-0.4, -0.2) is 0 Å². The van der Waals surface area contributed by atoms with Crippen LogP contribution in [0.1, 0.15) is 12.5 Å². The summed E-state index contributed by atoms with van der Waals surface area (Å²) in [5, 5.41) is 0. The molecule has 0 aliphatic rings. The molecule has 4 heteroatoms. The number of hydrogen-bond acceptors (Lipinski definition) is 0. The summed E-state index contributed by atoms with van der Waals surface area (Å²) in [6.45, 7) is 0.968. The average molecular weight is 177 g/mol. The molecule has 0 heterocycles. The van der Waals surface area contributed by atoms with Crippen LogP contribution in [0.2, 0.25) is 0 Å². The lowest BCUT2D eigenvalue weighted by atomic mass is 10.1. The second kappa shape index (κ2) is 3.13. The van der Waals surface area contributed by atoms with Crippen molar-refractivity contribution >= 4 is 0 Å². The van der Waals surface area contributed by atoms with Gasteiger partial charge in [-0.05, 0) is 19.1 Å². The quantitative estimate of drug-likeness (QED) is 0.457. The van der Waals surface area contributed by atoms with Gasteiger partial charge in [0.2, 0.25) is 0 Å². The van der Waals surface area contributed by atoms with Gasteiger partial charge in [-0.15, -0.1) is 0 Å². The summed E-state index contributed by atoms with van der Waals surface area (Å²) >= 11 is 0. The maximum atomic E-state index is 12.6. The Hall–Kier alpha value is -1.06. The second-order valence-corrected chi connectivity index (χ2v) is 2.26. The van der Waals surface area contributed by atoms with E-state index in [2.05, 4.69) is 0 Å². The van der Waals surface area contributed by atoms with E-state index < -0.39 is 29.2 Å². The Morgan fingerprint density at radius 2 is 1.67 bits per heavy atom. The molecule has 0 bridgehead atoms. The van der Waals surface area contributed by atoms with Crippen LogP contribution in [0.15, 0.2) is 12.1 Å². The predicted molar refractivity (Wildman–Crippen MR) is 35.4 cm³/mol. The van der Waals surface area contributed by atoms with Crippen molar-refractivity contribution in [3.05, 3.63) is 41.3 Å². The Morgan fingerprint density at radius 1 is 1.08 bits per heavy atom. The third-order valence-electron chi connectivity index (χ3n) is 1.41. The summed E-state index contributed by atoms with van der Waals surface area (Å²) in [7, 11) is 0. The van der Waals surface area contributed by atoms with E-state index in [0.717, 1.165) is 13.0 Å². The summed E-state index contributed by atoms with van der Waals surface area (Å²) in [5.74, 6) is -4.46. The van der Waals surface area contributed by atoms with Crippen LogP contribution in [0.25, 0.3) is 0 Å². The molecular weight excluding hydrogens is 172 g/mol. The number of benzene rings is 1. The van der Waals surface area contributed by atoms with Gasteiger partial charge in [-0.2, -0.15) is 0 Å². The molecule has 0 unspecified atom stereocenters. The molecule has 0 aliphatic heterocycles. The summed E-state index contributed by atoms with van der Waals surface area (Å²) in [6, 6.07) is 1.53. The minimum atomic E-state index is -1.65. The first kappa shape index (κ1) is 9.03. The van der Waals surface area contributed by atoms with Gasteiger partial charge in [0, 0.05) is 5.56 Å². The topological polar surface area (TPSA) is 0 Å². The molecular formula is C8H5F4. The molecule has 0 fully saturated rings. The molecule has 1 aromatic rings. The van der Waals surface area contributed by atoms with Gasteiger partial charge in [0.15, 0.2) is 23.6 Å². The van der Waals surface area contributed by atoms with Crippen molar-refractivity contribution in [3.8, 4) is 0 Å². The van der Waals surface area contributed by atoms with E-state index in [1.807, 2.05) is 0 Å². The molecule has 1 radical (unpaired) electrons. The molecule has 1 aromatic carbocycles. The third kappa shape index (κ3) is 1.42. The average Bonchev–Trinajstić information content (AvgIpc) is 2.00. The monoisotopic (exact) mass is 177 g/mol. The standard InChI is InChI=1S/C8H5F4/c1-4(9)5-2-3-6(10)8(12)7(5)11/h2-3H,1H3. The minimum Gasteiger partial charge on any atom is -0.235 e. The van der Waals surface area contributed by atoms with Crippen LogP contribution in [0.5, 0.6) is 0 Å². The first-order chi connectivity index (χ1) is 5.54. The first-order valence-corrected chi connectivity index (χ1v) is 3.17. The highest BCUT2D eigenvalue weighted by atomic mass is 19.2. The summed E-state index contributed by atoms with van der Waals surface area (Å²) in [5.41, 5.74) is -0.547. The molecule has 0 aromatic heterocycles. The Bertz CT molecular complexity index is 293. The third-order valence-corrected chi connectivity index (χ3v) is 1.41. The van der Waals surface area contributed by atoms with Crippen molar-refractivity contribution in [1.29, 1.82) is 0 Å². The molecule has 12 heavy (non-hydrogen) atoms. The van der Waals surface area contributed by atoms with Gasteiger partial charge in [-0.25, -0.2) is 17.6 Å². The SMILES string of the molecule is C[C](F)c1ccc(F)c(F)c1F. The van der Waals surface area contributed by atoms with Crippen LogP contribution in [-0.2, 0) is 0 Å². The molecule has 0 saturated carbocycles. The number of hydrogen-bond donors (Lipinski definition) is 0. The van der Waals surface area contributed by atoms with E-state index in [9.17, 15) is 17.6 Å². The minimum absolute atomic E-state index is 0.547. The first-order valence-electron chi connectivity index (χ1n) is 3.17. The Kier molecular flexibility index (Phi) is 2.35. The van der Waals surface area contributed by atoms with E-state index in [1.165, 1.54) is 0 Å². The molecule has 0 aliphatic carbocycles. The van der Waals surface area contributed by atoms with Gasteiger partial charge < -0.3 is 0 Å². The van der Waals surface area contributed by atoms with Crippen LogP contribution in [0.3, 0.4) is 0 Å². The van der Waals surface area contributed by atoms with E-state index in [4.69, 9.17) is 0 Å². The zero-order chi connectivity index (χ0) is 9.30. The van der Waals surface area contributed by atoms with Crippen molar-refractivity contribution in [2.24, 2.45) is 0 Å². The highest BCUT2D eigenvalue weighted by Crippen LogP contribution is 2.22. The predicted octanol–water partition coefficient (Wildman–Crippen LogP) is 2.97. The van der Waals surface area contributed by atoms with Crippen molar-refractivity contribution in [2.45, 2.75) is 6.92 Å². The molecule has 0 atom stereocenters. The normalized spacial score (nSPS) is 10.8. The largest absolute Gasteiger partial charge is 0.235 e. The van der Waals surface area contributed by atoms with E-state index in [-0.39, 0.29) is 0 Å². The maximum absolute atomic E-state index is 12.6. The molecule has 0 saturated heterocycles. The summed E-state index contributed by atoms with van der Waals surface area (Å²) in [6.07, 6.45) is -0.883. The van der Waals surface area contributed by atoms with Gasteiger partial charge >= 0.3 is 0 Å². The molecule has 0 spiro atoms. The fourth-order valence-corrected chi connectivity index (χ4v) is 0.792. The summed E-state index contributed by atoms with van der Waals surface area (Å²) in [4.78, 5) is 0. The second-order valence-electron chi connectivity index (χ2n) is 2.26. The fourth-order valence-electron chi connectivity index (χ4n) is 0.792. The highest BCUT2D eigenvalue weighted by molar-refractivity contribution is 5.28. The van der Waals surface area contributed by atoms with Crippen molar-refractivity contribution in [2.75, 3.05) is 0 Å². The summed E-state index contributed by atoms with van der Waals surface area (Å²) < 4.78 is 49.7. The molecule has 0 N–H and O–H groups in total. The molecule has 0 nitrogen and oxygen atoms in total.